The first-order valence-corrected chi connectivity index (χ1v) is 5.95. The monoisotopic (exact) mass is 279 g/mol. The van der Waals surface area contributed by atoms with E-state index in [-0.39, 0.29) is 22.5 Å². The van der Waals surface area contributed by atoms with Crippen molar-refractivity contribution in [3.05, 3.63) is 28.8 Å². The van der Waals surface area contributed by atoms with E-state index in [0.29, 0.717) is 18.8 Å². The van der Waals surface area contributed by atoms with Crippen LogP contribution in [-0.4, -0.2) is 18.3 Å². The summed E-state index contributed by atoms with van der Waals surface area (Å²) < 4.78 is 26.2. The van der Waals surface area contributed by atoms with Crippen LogP contribution in [0.15, 0.2) is 12.1 Å². The van der Waals surface area contributed by atoms with Crippen LogP contribution in [0.5, 0.6) is 0 Å². The number of hydrogen-bond donors (Lipinski definition) is 0. The summed E-state index contributed by atoms with van der Waals surface area (Å²) in [4.78, 5) is 13.0. The Hall–Kier alpha value is -0.870. The molecule has 1 fully saturated rings. The predicted molar refractivity (Wildman–Crippen MR) is 62.5 cm³/mol. The van der Waals surface area contributed by atoms with Gasteiger partial charge in [-0.25, -0.2) is 8.78 Å². The second kappa shape index (κ2) is 4.78. The molecule has 0 radical (unpaired) electrons. The molecule has 1 unspecified atom stereocenters. The van der Waals surface area contributed by atoms with Gasteiger partial charge in [0.05, 0.1) is 5.69 Å². The van der Waals surface area contributed by atoms with Crippen LogP contribution in [0.25, 0.3) is 0 Å². The second-order valence-corrected chi connectivity index (χ2v) is 4.61. The quantitative estimate of drug-likeness (QED) is 0.601. The summed E-state index contributed by atoms with van der Waals surface area (Å²) in [5, 5.41) is -0.367. The lowest BCUT2D eigenvalue weighted by atomic mass is 10.1. The fourth-order valence-electron chi connectivity index (χ4n) is 1.84. The van der Waals surface area contributed by atoms with Gasteiger partial charge in [0.2, 0.25) is 5.91 Å². The third-order valence-electron chi connectivity index (χ3n) is 2.73. The lowest BCUT2D eigenvalue weighted by Crippen LogP contribution is -2.25. The number of amides is 1. The minimum Gasteiger partial charge on any atom is -0.310 e. The van der Waals surface area contributed by atoms with Crippen molar-refractivity contribution in [1.82, 2.24) is 0 Å². The van der Waals surface area contributed by atoms with E-state index < -0.39 is 11.6 Å². The number of alkyl halides is 1. The number of anilines is 1. The summed E-state index contributed by atoms with van der Waals surface area (Å²) in [6.07, 6.45) is 0.304. The van der Waals surface area contributed by atoms with Gasteiger partial charge in [0.1, 0.15) is 5.02 Å². The molecule has 0 aromatic heterocycles. The first-order chi connectivity index (χ1) is 8.04. The zero-order valence-electron chi connectivity index (χ0n) is 8.72. The molecule has 0 aliphatic carbocycles. The van der Waals surface area contributed by atoms with Gasteiger partial charge in [0.15, 0.2) is 11.6 Å². The van der Waals surface area contributed by atoms with Crippen molar-refractivity contribution in [2.24, 2.45) is 5.92 Å². The van der Waals surface area contributed by atoms with E-state index in [0.717, 1.165) is 6.07 Å². The molecule has 92 valence electrons. The van der Waals surface area contributed by atoms with E-state index in [9.17, 15) is 13.6 Å². The highest BCUT2D eigenvalue weighted by Gasteiger charge is 2.32. The first-order valence-electron chi connectivity index (χ1n) is 5.04. The van der Waals surface area contributed by atoms with Gasteiger partial charge in [-0.3, -0.25) is 4.79 Å². The van der Waals surface area contributed by atoms with Crippen LogP contribution >= 0.6 is 23.2 Å². The van der Waals surface area contributed by atoms with Gasteiger partial charge in [-0.15, -0.1) is 11.6 Å². The average molecular weight is 280 g/mol. The van der Waals surface area contributed by atoms with Crippen molar-refractivity contribution in [1.29, 1.82) is 0 Å². The Balaban J connectivity index is 2.35. The summed E-state index contributed by atoms with van der Waals surface area (Å²) in [6, 6.07) is 2.26. The predicted octanol–water partition coefficient (Wildman–Crippen LogP) is 3.21. The summed E-state index contributed by atoms with van der Waals surface area (Å²) in [5.41, 5.74) is 0.197. The molecule has 1 amide bonds. The van der Waals surface area contributed by atoms with Crippen molar-refractivity contribution in [3.8, 4) is 0 Å². The Morgan fingerprint density at radius 2 is 2.12 bits per heavy atom. The summed E-state index contributed by atoms with van der Waals surface area (Å²) in [6.45, 7) is 0.382. The van der Waals surface area contributed by atoms with Gasteiger partial charge >= 0.3 is 0 Å². The summed E-state index contributed by atoms with van der Waals surface area (Å²) in [5.74, 6) is -1.97. The van der Waals surface area contributed by atoms with Gasteiger partial charge in [-0.2, -0.15) is 0 Å². The van der Waals surface area contributed by atoms with Crippen molar-refractivity contribution in [2.45, 2.75) is 6.42 Å². The van der Waals surface area contributed by atoms with Crippen LogP contribution in [0.1, 0.15) is 6.42 Å². The maximum absolute atomic E-state index is 13.3. The zero-order valence-corrected chi connectivity index (χ0v) is 10.2. The first kappa shape index (κ1) is 12.6. The molecular weight excluding hydrogens is 271 g/mol. The van der Waals surface area contributed by atoms with Crippen LogP contribution in [0.4, 0.5) is 14.5 Å². The molecule has 0 spiro atoms. The smallest absolute Gasteiger partial charge is 0.227 e. The van der Waals surface area contributed by atoms with Crippen molar-refractivity contribution >= 4 is 34.8 Å². The molecular formula is C11H9Cl2F2NO. The van der Waals surface area contributed by atoms with Crippen LogP contribution in [-0.2, 0) is 4.79 Å². The van der Waals surface area contributed by atoms with E-state index in [1.54, 1.807) is 0 Å². The van der Waals surface area contributed by atoms with Crippen LogP contribution in [0, 0.1) is 17.6 Å². The third-order valence-corrected chi connectivity index (χ3v) is 3.52. The molecule has 1 heterocycles. The number of hydrogen-bond acceptors (Lipinski definition) is 1. The topological polar surface area (TPSA) is 20.3 Å². The molecule has 2 nitrogen and oxygen atoms in total. The fraction of sp³-hybridized carbons (Fsp3) is 0.364. The van der Waals surface area contributed by atoms with Crippen molar-refractivity contribution < 1.29 is 13.6 Å². The highest BCUT2D eigenvalue weighted by Crippen LogP contribution is 2.34. The molecule has 2 rings (SSSR count). The Bertz CT molecular complexity index is 467. The third kappa shape index (κ3) is 2.24. The number of benzene rings is 1. The van der Waals surface area contributed by atoms with Crippen LogP contribution in [0.2, 0.25) is 5.02 Å². The molecule has 1 saturated heterocycles. The van der Waals surface area contributed by atoms with Crippen molar-refractivity contribution in [2.75, 3.05) is 17.3 Å². The molecule has 1 atom stereocenters. The normalized spacial score (nSPS) is 20.1. The number of carbonyl (C=O) groups is 1. The van der Waals surface area contributed by atoms with E-state index in [1.165, 1.54) is 11.0 Å². The molecule has 6 heteroatoms. The van der Waals surface area contributed by atoms with Gasteiger partial charge < -0.3 is 4.90 Å². The summed E-state index contributed by atoms with van der Waals surface area (Å²) in [7, 11) is 0. The highest BCUT2D eigenvalue weighted by molar-refractivity contribution is 6.34. The Morgan fingerprint density at radius 1 is 1.41 bits per heavy atom. The number of rotatable bonds is 2. The molecule has 0 bridgehead atoms. The van der Waals surface area contributed by atoms with E-state index >= 15 is 0 Å². The second-order valence-electron chi connectivity index (χ2n) is 3.92. The number of carbonyl (C=O) groups excluding carboxylic acids is 1. The Kier molecular flexibility index (Phi) is 3.54. The largest absolute Gasteiger partial charge is 0.310 e. The number of halogens is 4. The fourth-order valence-corrected chi connectivity index (χ4v) is 2.30. The lowest BCUT2D eigenvalue weighted by Gasteiger charge is -2.18. The van der Waals surface area contributed by atoms with E-state index in [1.807, 2.05) is 0 Å². The van der Waals surface area contributed by atoms with Gasteiger partial charge in [0, 0.05) is 18.8 Å². The SMILES string of the molecule is O=C1CC(CCl)CN1c1ccc(F)c(F)c1Cl. The molecule has 17 heavy (non-hydrogen) atoms. The Labute approximate surface area is 107 Å². The molecule has 1 aromatic rings. The van der Waals surface area contributed by atoms with Gasteiger partial charge in [0.25, 0.3) is 0 Å². The minimum absolute atomic E-state index is 0.0216. The molecule has 1 aliphatic heterocycles. The molecule has 1 aliphatic rings. The summed E-state index contributed by atoms with van der Waals surface area (Å²) >= 11 is 11.4. The lowest BCUT2D eigenvalue weighted by molar-refractivity contribution is -0.117. The standard InChI is InChI=1S/C11H9Cl2F2NO/c12-4-6-3-9(17)16(5-6)8-2-1-7(14)11(15)10(8)13/h1-2,6H,3-5H2. The van der Waals surface area contributed by atoms with E-state index in [2.05, 4.69) is 0 Å². The van der Waals surface area contributed by atoms with Crippen LogP contribution < -0.4 is 4.90 Å². The minimum atomic E-state index is -1.13. The maximum atomic E-state index is 13.3. The molecule has 0 N–H and O–H groups in total. The highest BCUT2D eigenvalue weighted by atomic mass is 35.5. The Morgan fingerprint density at radius 3 is 2.71 bits per heavy atom. The van der Waals surface area contributed by atoms with Gasteiger partial charge in [-0.1, -0.05) is 11.6 Å². The maximum Gasteiger partial charge on any atom is 0.227 e. The molecule has 1 aromatic carbocycles. The van der Waals surface area contributed by atoms with Crippen molar-refractivity contribution in [3.63, 3.8) is 0 Å². The average Bonchev–Trinajstić information content (AvgIpc) is 2.68. The zero-order chi connectivity index (χ0) is 12.6. The molecule has 0 saturated carbocycles. The van der Waals surface area contributed by atoms with Gasteiger partial charge in [-0.05, 0) is 18.1 Å². The number of nitrogens with zero attached hydrogens (tertiary/aromatic N) is 1. The van der Waals surface area contributed by atoms with Crippen LogP contribution in [0.3, 0.4) is 0 Å². The van der Waals surface area contributed by atoms with E-state index in [4.69, 9.17) is 23.2 Å².